The first kappa shape index (κ1) is 15.8. The summed E-state index contributed by atoms with van der Waals surface area (Å²) >= 11 is 0. The van der Waals surface area contributed by atoms with Crippen molar-refractivity contribution in [2.24, 2.45) is 0 Å². The first-order valence-electron chi connectivity index (χ1n) is 7.75. The number of fused-ring (bicyclic) bond motifs is 1. The molecule has 0 aliphatic heterocycles. The van der Waals surface area contributed by atoms with Crippen LogP contribution in [0.5, 0.6) is 0 Å². The quantitative estimate of drug-likeness (QED) is 0.725. The van der Waals surface area contributed by atoms with Crippen molar-refractivity contribution in [1.29, 1.82) is 0 Å². The average molecular weight is 321 g/mol. The topological polar surface area (TPSA) is 85.0 Å². The smallest absolute Gasteiger partial charge is 0.221 e. The van der Waals surface area contributed by atoms with Crippen molar-refractivity contribution < 1.29 is 14.7 Å². The highest BCUT2D eigenvalue weighted by Gasteiger charge is 2.15. The van der Waals surface area contributed by atoms with E-state index in [2.05, 4.69) is 10.3 Å². The lowest BCUT2D eigenvalue weighted by Crippen LogP contribution is -2.41. The van der Waals surface area contributed by atoms with Crippen molar-refractivity contribution in [3.8, 4) is 0 Å². The lowest BCUT2D eigenvalue weighted by Gasteiger charge is -2.20. The van der Waals surface area contributed by atoms with Crippen molar-refractivity contribution in [1.82, 2.24) is 10.3 Å². The highest BCUT2D eigenvalue weighted by atomic mass is 16.4. The zero-order chi connectivity index (χ0) is 16.9. The number of aryl methyl sites for hydroxylation is 1. The van der Waals surface area contributed by atoms with Crippen LogP contribution in [0.3, 0.4) is 0 Å². The summed E-state index contributed by atoms with van der Waals surface area (Å²) in [4.78, 5) is 26.6. The molecular formula is C19H17N2O3-. The van der Waals surface area contributed by atoms with E-state index in [1.165, 1.54) is 0 Å². The standard InChI is InChI=1S/C19H18N2O3/c22-17(21-18(19(23)24)13-6-2-1-3-7-13)11-10-14-12-20-16-9-5-4-8-15(14)16/h1-9,12,18,20H,10-11H2,(H,21,22)(H,23,24)/p-1/t18-/m1/s1. The molecule has 0 saturated heterocycles. The van der Waals surface area contributed by atoms with Gasteiger partial charge in [-0.05, 0) is 23.6 Å². The molecule has 1 atom stereocenters. The maximum Gasteiger partial charge on any atom is 0.221 e. The molecular weight excluding hydrogens is 304 g/mol. The van der Waals surface area contributed by atoms with E-state index < -0.39 is 12.0 Å². The Hall–Kier alpha value is -3.08. The third-order valence-electron chi connectivity index (χ3n) is 3.97. The highest BCUT2D eigenvalue weighted by molar-refractivity contribution is 5.86. The van der Waals surface area contributed by atoms with Crippen molar-refractivity contribution in [3.63, 3.8) is 0 Å². The molecule has 5 nitrogen and oxygen atoms in total. The van der Waals surface area contributed by atoms with Gasteiger partial charge >= 0.3 is 0 Å². The summed E-state index contributed by atoms with van der Waals surface area (Å²) in [6, 6.07) is 15.3. The summed E-state index contributed by atoms with van der Waals surface area (Å²) in [6.45, 7) is 0. The molecule has 3 rings (SSSR count). The van der Waals surface area contributed by atoms with Crippen molar-refractivity contribution in [2.75, 3.05) is 0 Å². The van der Waals surface area contributed by atoms with Gasteiger partial charge in [0.1, 0.15) is 0 Å². The molecule has 0 fully saturated rings. The Balaban J connectivity index is 1.65. The molecule has 1 heterocycles. The van der Waals surface area contributed by atoms with Crippen LogP contribution < -0.4 is 10.4 Å². The Labute approximate surface area is 139 Å². The maximum atomic E-state index is 12.2. The molecule has 0 saturated carbocycles. The second-order valence-electron chi connectivity index (χ2n) is 5.59. The maximum absolute atomic E-state index is 12.2. The molecule has 2 N–H and O–H groups in total. The number of aromatic amines is 1. The Morgan fingerprint density at radius 2 is 1.75 bits per heavy atom. The van der Waals surface area contributed by atoms with Gasteiger partial charge in [-0.1, -0.05) is 48.5 Å². The van der Waals surface area contributed by atoms with Gasteiger partial charge in [0.25, 0.3) is 0 Å². The summed E-state index contributed by atoms with van der Waals surface area (Å²) in [5.74, 6) is -1.64. The average Bonchev–Trinajstić information content (AvgIpc) is 3.01. The van der Waals surface area contributed by atoms with Crippen molar-refractivity contribution in [2.45, 2.75) is 18.9 Å². The number of carbonyl (C=O) groups excluding carboxylic acids is 2. The van der Waals surface area contributed by atoms with Gasteiger partial charge < -0.3 is 20.2 Å². The number of para-hydroxylation sites is 1. The van der Waals surface area contributed by atoms with Gasteiger partial charge in [-0.25, -0.2) is 0 Å². The number of aliphatic carboxylic acids is 1. The number of aromatic nitrogens is 1. The third kappa shape index (κ3) is 3.46. The summed E-state index contributed by atoms with van der Waals surface area (Å²) in [6.07, 6.45) is 2.62. The van der Waals surface area contributed by atoms with E-state index in [0.29, 0.717) is 12.0 Å². The van der Waals surface area contributed by atoms with E-state index in [9.17, 15) is 14.7 Å². The number of rotatable bonds is 6. The minimum absolute atomic E-state index is 0.207. The molecule has 0 aliphatic rings. The van der Waals surface area contributed by atoms with Gasteiger partial charge in [0.2, 0.25) is 5.91 Å². The normalized spacial score (nSPS) is 12.0. The van der Waals surface area contributed by atoms with E-state index in [-0.39, 0.29) is 12.3 Å². The fourth-order valence-corrected chi connectivity index (χ4v) is 2.74. The number of carbonyl (C=O) groups is 2. The Bertz CT molecular complexity index is 855. The van der Waals surface area contributed by atoms with Crippen LogP contribution in [-0.2, 0) is 16.0 Å². The lowest BCUT2D eigenvalue weighted by atomic mass is 10.1. The molecule has 1 amide bonds. The van der Waals surface area contributed by atoms with Crippen LogP contribution in [0.1, 0.15) is 23.6 Å². The van der Waals surface area contributed by atoms with E-state index in [1.807, 2.05) is 30.5 Å². The van der Waals surface area contributed by atoms with Gasteiger partial charge in [-0.2, -0.15) is 0 Å². The van der Waals surface area contributed by atoms with Crippen LogP contribution in [0.15, 0.2) is 60.8 Å². The van der Waals surface area contributed by atoms with Gasteiger partial charge in [-0.15, -0.1) is 0 Å². The largest absolute Gasteiger partial charge is 0.548 e. The van der Waals surface area contributed by atoms with Crippen molar-refractivity contribution >= 4 is 22.8 Å². The zero-order valence-electron chi connectivity index (χ0n) is 13.0. The molecule has 5 heteroatoms. The van der Waals surface area contributed by atoms with Crippen LogP contribution in [0.25, 0.3) is 10.9 Å². The zero-order valence-corrected chi connectivity index (χ0v) is 13.0. The number of benzene rings is 2. The van der Waals surface area contributed by atoms with Crippen molar-refractivity contribution in [3.05, 3.63) is 71.9 Å². The molecule has 122 valence electrons. The third-order valence-corrected chi connectivity index (χ3v) is 3.97. The fourth-order valence-electron chi connectivity index (χ4n) is 2.74. The Morgan fingerprint density at radius 3 is 2.50 bits per heavy atom. The number of hydrogen-bond acceptors (Lipinski definition) is 3. The molecule has 3 aromatic rings. The van der Waals surface area contributed by atoms with Crippen LogP contribution in [-0.4, -0.2) is 16.9 Å². The van der Waals surface area contributed by atoms with Crippen LogP contribution in [0, 0.1) is 0 Å². The predicted octanol–water partition coefficient (Wildman–Crippen LogP) is 1.71. The second-order valence-corrected chi connectivity index (χ2v) is 5.59. The Morgan fingerprint density at radius 1 is 1.04 bits per heavy atom. The molecule has 0 radical (unpaired) electrons. The summed E-state index contributed by atoms with van der Waals surface area (Å²) in [5, 5.41) is 14.9. The summed E-state index contributed by atoms with van der Waals surface area (Å²) in [5.41, 5.74) is 2.55. The second kappa shape index (κ2) is 7.00. The minimum atomic E-state index is -1.32. The minimum Gasteiger partial charge on any atom is -0.548 e. The molecule has 2 aromatic carbocycles. The molecule has 0 spiro atoms. The van der Waals surface area contributed by atoms with Gasteiger partial charge in [-0.3, -0.25) is 4.79 Å². The number of amides is 1. The van der Waals surface area contributed by atoms with Crippen LogP contribution in [0.4, 0.5) is 0 Å². The molecule has 0 aliphatic carbocycles. The fraction of sp³-hybridized carbons (Fsp3) is 0.158. The number of H-pyrrole nitrogens is 1. The number of hydrogen-bond donors (Lipinski definition) is 2. The van der Waals surface area contributed by atoms with E-state index >= 15 is 0 Å². The highest BCUT2D eigenvalue weighted by Crippen LogP contribution is 2.19. The van der Waals surface area contributed by atoms with Gasteiger partial charge in [0.05, 0.1) is 12.0 Å². The van der Waals surface area contributed by atoms with E-state index in [4.69, 9.17) is 0 Å². The molecule has 1 aromatic heterocycles. The molecule has 0 unspecified atom stereocenters. The van der Waals surface area contributed by atoms with Gasteiger partial charge in [0, 0.05) is 23.5 Å². The number of nitrogens with one attached hydrogen (secondary N) is 2. The molecule has 24 heavy (non-hydrogen) atoms. The first-order valence-corrected chi connectivity index (χ1v) is 7.75. The van der Waals surface area contributed by atoms with E-state index in [1.54, 1.807) is 30.3 Å². The predicted molar refractivity (Wildman–Crippen MR) is 89.0 cm³/mol. The van der Waals surface area contributed by atoms with Crippen LogP contribution >= 0.6 is 0 Å². The van der Waals surface area contributed by atoms with E-state index in [0.717, 1.165) is 16.5 Å². The SMILES string of the molecule is O=C(CCc1c[nH]c2ccccc12)N[C@@H](C(=O)[O-])c1ccccc1. The number of carboxylic acids is 1. The first-order chi connectivity index (χ1) is 11.6. The lowest BCUT2D eigenvalue weighted by molar-refractivity contribution is -0.308. The number of carboxylic acid groups (broad SMARTS) is 1. The molecule has 0 bridgehead atoms. The Kier molecular flexibility index (Phi) is 4.61. The van der Waals surface area contributed by atoms with Crippen LogP contribution in [0.2, 0.25) is 0 Å². The monoisotopic (exact) mass is 321 g/mol. The summed E-state index contributed by atoms with van der Waals surface area (Å²) < 4.78 is 0. The summed E-state index contributed by atoms with van der Waals surface area (Å²) in [7, 11) is 0. The van der Waals surface area contributed by atoms with Gasteiger partial charge in [0.15, 0.2) is 0 Å².